The summed E-state index contributed by atoms with van der Waals surface area (Å²) in [6, 6.07) is 0. The van der Waals surface area contributed by atoms with Gasteiger partial charge in [-0.3, -0.25) is 24.5 Å². The molecule has 0 unspecified atom stereocenters. The topological polar surface area (TPSA) is 98.0 Å². The Morgan fingerprint density at radius 1 is 1.35 bits per heavy atom. The van der Waals surface area contributed by atoms with Crippen LogP contribution in [0.2, 0.25) is 0 Å². The third-order valence-electron chi connectivity index (χ3n) is 3.94. The van der Waals surface area contributed by atoms with Gasteiger partial charge in [-0.05, 0) is 24.0 Å². The fourth-order valence-corrected chi connectivity index (χ4v) is 3.19. The fourth-order valence-electron chi connectivity index (χ4n) is 2.77. The molecule has 0 aliphatic heterocycles. The summed E-state index contributed by atoms with van der Waals surface area (Å²) in [5.41, 5.74) is -2.29. The minimum atomic E-state index is -0.959. The van der Waals surface area contributed by atoms with Crippen LogP contribution in [-0.4, -0.2) is 20.2 Å². The summed E-state index contributed by atoms with van der Waals surface area (Å²) in [5.74, 6) is 0.617. The van der Waals surface area contributed by atoms with Gasteiger partial charge < -0.3 is 0 Å². The van der Waals surface area contributed by atoms with Crippen LogP contribution in [0.4, 0.5) is 5.69 Å². The van der Waals surface area contributed by atoms with Gasteiger partial charge in [0.15, 0.2) is 0 Å². The van der Waals surface area contributed by atoms with Gasteiger partial charge in [0.2, 0.25) is 0 Å². The molecule has 0 aromatic carbocycles. The molecule has 0 bridgehead atoms. The number of nitrogens with zero attached hydrogens (tertiary/aromatic N) is 2. The van der Waals surface area contributed by atoms with E-state index in [0.717, 1.165) is 38.3 Å². The van der Waals surface area contributed by atoms with Gasteiger partial charge in [-0.1, -0.05) is 19.3 Å². The second-order valence-electron chi connectivity index (χ2n) is 5.38. The average molecular weight is 299 g/mol. The van der Waals surface area contributed by atoms with Crippen LogP contribution in [0.3, 0.4) is 0 Å². The van der Waals surface area contributed by atoms with Crippen molar-refractivity contribution >= 4 is 18.3 Å². The molecule has 1 fully saturated rings. The zero-order valence-corrected chi connectivity index (χ0v) is 11.9. The molecule has 8 heteroatoms. The summed E-state index contributed by atoms with van der Waals surface area (Å²) in [5, 5.41) is 10.8. The van der Waals surface area contributed by atoms with E-state index in [1.54, 1.807) is 0 Å². The van der Waals surface area contributed by atoms with Crippen molar-refractivity contribution < 1.29 is 4.92 Å². The predicted molar refractivity (Wildman–Crippen MR) is 77.3 cm³/mol. The average Bonchev–Trinajstić information content (AvgIpc) is 2.42. The zero-order valence-electron chi connectivity index (χ0n) is 11.0. The van der Waals surface area contributed by atoms with E-state index in [2.05, 4.69) is 12.6 Å². The maximum absolute atomic E-state index is 11.8. The molecule has 1 aliphatic rings. The van der Waals surface area contributed by atoms with Gasteiger partial charge in [0.25, 0.3) is 0 Å². The molecule has 0 radical (unpaired) electrons. The number of H-pyrrole nitrogens is 1. The predicted octanol–water partition coefficient (Wildman–Crippen LogP) is 1.33. The number of thiol groups is 1. The van der Waals surface area contributed by atoms with Crippen molar-refractivity contribution in [1.82, 2.24) is 9.55 Å². The third-order valence-corrected chi connectivity index (χ3v) is 4.61. The molecule has 2 rings (SSSR count). The molecule has 0 saturated heterocycles. The highest BCUT2D eigenvalue weighted by Crippen LogP contribution is 2.38. The minimum absolute atomic E-state index is 0.128. The van der Waals surface area contributed by atoms with Gasteiger partial charge in [-0.25, -0.2) is 4.79 Å². The number of nitrogens with one attached hydrogen (secondary N) is 1. The van der Waals surface area contributed by atoms with Gasteiger partial charge in [0, 0.05) is 6.54 Å². The molecule has 0 amide bonds. The van der Waals surface area contributed by atoms with Gasteiger partial charge in [-0.2, -0.15) is 12.6 Å². The third kappa shape index (κ3) is 2.95. The minimum Gasteiger partial charge on any atom is -0.293 e. The van der Waals surface area contributed by atoms with Crippen LogP contribution >= 0.6 is 12.6 Å². The first-order chi connectivity index (χ1) is 9.47. The SMILES string of the molecule is O=c1[nH]c(=O)n(CC2(CS)CCCCC2)cc1[N+](=O)[O-]. The monoisotopic (exact) mass is 299 g/mol. The Labute approximate surface area is 120 Å². The molecule has 110 valence electrons. The Kier molecular flexibility index (Phi) is 4.32. The van der Waals surface area contributed by atoms with Gasteiger partial charge >= 0.3 is 16.9 Å². The summed E-state index contributed by atoms with van der Waals surface area (Å²) in [4.78, 5) is 35.2. The smallest absolute Gasteiger partial charge is 0.293 e. The lowest BCUT2D eigenvalue weighted by Gasteiger charge is -2.36. The first kappa shape index (κ1) is 14.8. The highest BCUT2D eigenvalue weighted by atomic mass is 32.1. The first-order valence-corrected chi connectivity index (χ1v) is 7.20. The molecule has 0 atom stereocenters. The molecule has 1 aliphatic carbocycles. The van der Waals surface area contributed by atoms with E-state index >= 15 is 0 Å². The number of nitro groups is 1. The number of hydrogen-bond donors (Lipinski definition) is 2. The highest BCUT2D eigenvalue weighted by Gasteiger charge is 2.32. The molecule has 0 spiro atoms. The highest BCUT2D eigenvalue weighted by molar-refractivity contribution is 7.80. The summed E-state index contributed by atoms with van der Waals surface area (Å²) >= 11 is 4.38. The molecule has 7 nitrogen and oxygen atoms in total. The number of aromatic amines is 1. The van der Waals surface area contributed by atoms with Crippen molar-refractivity contribution in [3.8, 4) is 0 Å². The standard InChI is InChI=1S/C12H17N3O4S/c16-10-9(15(18)19)6-14(11(17)13-10)7-12(8-20)4-2-1-3-5-12/h6,20H,1-5,7-8H2,(H,13,16,17). The van der Waals surface area contributed by atoms with E-state index in [1.165, 1.54) is 4.57 Å². The Bertz CT molecular complexity index is 616. The molecule has 1 aromatic heterocycles. The molecule has 1 saturated carbocycles. The lowest BCUT2D eigenvalue weighted by molar-refractivity contribution is -0.386. The molecular weight excluding hydrogens is 282 g/mol. The van der Waals surface area contributed by atoms with E-state index in [-0.39, 0.29) is 5.41 Å². The van der Waals surface area contributed by atoms with E-state index in [1.807, 2.05) is 4.98 Å². The van der Waals surface area contributed by atoms with E-state index < -0.39 is 21.9 Å². The quantitative estimate of drug-likeness (QED) is 0.498. The normalized spacial score (nSPS) is 17.9. The zero-order chi connectivity index (χ0) is 14.8. The Morgan fingerprint density at radius 3 is 2.55 bits per heavy atom. The number of rotatable bonds is 4. The first-order valence-electron chi connectivity index (χ1n) is 6.56. The molecule has 1 heterocycles. The van der Waals surface area contributed by atoms with Crippen molar-refractivity contribution in [2.75, 3.05) is 5.75 Å². The Morgan fingerprint density at radius 2 is 2.00 bits per heavy atom. The van der Waals surface area contributed by atoms with Crippen molar-refractivity contribution in [3.63, 3.8) is 0 Å². The molecule has 1 aromatic rings. The van der Waals surface area contributed by atoms with E-state index in [0.29, 0.717) is 12.3 Å². The fraction of sp³-hybridized carbons (Fsp3) is 0.667. The van der Waals surface area contributed by atoms with Gasteiger partial charge in [0.05, 0.1) is 11.1 Å². The van der Waals surface area contributed by atoms with Crippen LogP contribution in [0, 0.1) is 15.5 Å². The maximum Gasteiger partial charge on any atom is 0.350 e. The molecular formula is C12H17N3O4S. The summed E-state index contributed by atoms with van der Waals surface area (Å²) in [6.45, 7) is 0.354. The number of aromatic nitrogens is 2. The van der Waals surface area contributed by atoms with Crippen LogP contribution in [0.5, 0.6) is 0 Å². The second-order valence-corrected chi connectivity index (χ2v) is 5.69. The van der Waals surface area contributed by atoms with Crippen molar-refractivity contribution in [2.24, 2.45) is 5.41 Å². The Balaban J connectivity index is 2.37. The van der Waals surface area contributed by atoms with Crippen molar-refractivity contribution in [3.05, 3.63) is 37.1 Å². The van der Waals surface area contributed by atoms with E-state index in [4.69, 9.17) is 0 Å². The lowest BCUT2D eigenvalue weighted by Crippen LogP contribution is -2.38. The Hall–Kier alpha value is -1.57. The van der Waals surface area contributed by atoms with Gasteiger partial charge in [-0.15, -0.1) is 0 Å². The number of hydrogen-bond acceptors (Lipinski definition) is 5. The van der Waals surface area contributed by atoms with Crippen LogP contribution in [0.1, 0.15) is 32.1 Å². The van der Waals surface area contributed by atoms with Crippen LogP contribution in [-0.2, 0) is 6.54 Å². The second kappa shape index (κ2) is 5.82. The molecule has 1 N–H and O–H groups in total. The lowest BCUT2D eigenvalue weighted by atomic mass is 9.75. The maximum atomic E-state index is 11.8. The van der Waals surface area contributed by atoms with Crippen LogP contribution < -0.4 is 11.2 Å². The summed E-state index contributed by atoms with van der Waals surface area (Å²) in [7, 11) is 0. The van der Waals surface area contributed by atoms with Gasteiger partial charge in [0.1, 0.15) is 0 Å². The van der Waals surface area contributed by atoms with Crippen molar-refractivity contribution in [1.29, 1.82) is 0 Å². The van der Waals surface area contributed by atoms with Crippen molar-refractivity contribution in [2.45, 2.75) is 38.6 Å². The summed E-state index contributed by atoms with van der Waals surface area (Å²) < 4.78 is 1.24. The summed E-state index contributed by atoms with van der Waals surface area (Å²) in [6.07, 6.45) is 6.23. The largest absolute Gasteiger partial charge is 0.350 e. The van der Waals surface area contributed by atoms with Crippen LogP contribution in [0.25, 0.3) is 0 Å². The molecule has 20 heavy (non-hydrogen) atoms. The van der Waals surface area contributed by atoms with E-state index in [9.17, 15) is 19.7 Å². The van der Waals surface area contributed by atoms with Crippen LogP contribution in [0.15, 0.2) is 15.8 Å².